The topological polar surface area (TPSA) is 17.1 Å². The molecule has 0 radical (unpaired) electrons. The maximum absolute atomic E-state index is 10.3. The highest BCUT2D eigenvalue weighted by molar-refractivity contribution is 7.29. The maximum Gasteiger partial charge on any atom is 0.188 e. The smallest absolute Gasteiger partial charge is 0.188 e. The van der Waals surface area contributed by atoms with Crippen molar-refractivity contribution < 1.29 is 4.57 Å². The minimum atomic E-state index is 0.109. The molecule has 0 saturated heterocycles. The molecule has 0 fully saturated rings. The number of allylic oxidation sites excluding steroid dienone is 5. The SMILES string of the molecule is C=CC1C=CC=C1P=O. The van der Waals surface area contributed by atoms with Crippen LogP contribution in [0.1, 0.15) is 0 Å². The van der Waals surface area contributed by atoms with Gasteiger partial charge in [-0.2, -0.15) is 0 Å². The quantitative estimate of drug-likeness (QED) is 0.423. The number of hydrogen-bond donors (Lipinski definition) is 0. The minimum Gasteiger partial charge on any atom is -0.270 e. The van der Waals surface area contributed by atoms with E-state index in [-0.39, 0.29) is 14.4 Å². The summed E-state index contributed by atoms with van der Waals surface area (Å²) in [5, 5.41) is 0.894. The number of hydrogen-bond acceptors (Lipinski definition) is 1. The Morgan fingerprint density at radius 2 is 2.56 bits per heavy atom. The lowest BCUT2D eigenvalue weighted by Crippen LogP contribution is -1.84. The fourth-order valence-corrected chi connectivity index (χ4v) is 1.23. The van der Waals surface area contributed by atoms with Crippen molar-refractivity contribution in [1.82, 2.24) is 0 Å². The fraction of sp³-hybridized carbons (Fsp3) is 0.143. The molecular weight excluding hydrogens is 131 g/mol. The van der Waals surface area contributed by atoms with Crippen molar-refractivity contribution in [3.05, 3.63) is 36.2 Å². The summed E-state index contributed by atoms with van der Waals surface area (Å²) in [5.74, 6) is 0.198. The second kappa shape index (κ2) is 2.75. The third-order valence-corrected chi connectivity index (χ3v) is 1.94. The highest BCUT2D eigenvalue weighted by Crippen LogP contribution is 2.28. The van der Waals surface area contributed by atoms with E-state index in [0.29, 0.717) is 0 Å². The van der Waals surface area contributed by atoms with Crippen LogP contribution in [0.3, 0.4) is 0 Å². The molecule has 0 saturated carbocycles. The molecule has 0 spiro atoms. The van der Waals surface area contributed by atoms with Crippen LogP contribution >= 0.6 is 8.46 Å². The standard InChI is InChI=1S/C7H7OP/c1-2-6-4-3-5-7(6)9-8/h2-6H,1H2. The van der Waals surface area contributed by atoms with Crippen LogP contribution in [0.15, 0.2) is 36.2 Å². The predicted molar refractivity (Wildman–Crippen MR) is 38.5 cm³/mol. The van der Waals surface area contributed by atoms with Crippen LogP contribution in [0.4, 0.5) is 0 Å². The van der Waals surface area contributed by atoms with Gasteiger partial charge in [-0.05, 0) is 0 Å². The van der Waals surface area contributed by atoms with Crippen LogP contribution in [0.2, 0.25) is 0 Å². The molecule has 0 aromatic rings. The molecule has 0 aromatic heterocycles. The van der Waals surface area contributed by atoms with Gasteiger partial charge in [0.25, 0.3) is 0 Å². The Balaban J connectivity index is 2.76. The molecule has 0 aliphatic heterocycles. The summed E-state index contributed by atoms with van der Waals surface area (Å²) in [6.07, 6.45) is 7.49. The lowest BCUT2D eigenvalue weighted by atomic mass is 10.2. The summed E-state index contributed by atoms with van der Waals surface area (Å²) in [5.41, 5.74) is 0. The second-order valence-corrected chi connectivity index (χ2v) is 2.53. The molecule has 0 N–H and O–H groups in total. The molecule has 1 rings (SSSR count). The molecule has 0 amide bonds. The lowest BCUT2D eigenvalue weighted by Gasteiger charge is -1.96. The van der Waals surface area contributed by atoms with Gasteiger partial charge >= 0.3 is 0 Å². The van der Waals surface area contributed by atoms with Crippen LogP contribution in [-0.4, -0.2) is 0 Å². The van der Waals surface area contributed by atoms with E-state index < -0.39 is 0 Å². The monoisotopic (exact) mass is 138 g/mol. The molecule has 46 valence electrons. The van der Waals surface area contributed by atoms with Gasteiger partial charge in [0.1, 0.15) is 0 Å². The van der Waals surface area contributed by atoms with Crippen molar-refractivity contribution in [3.8, 4) is 0 Å². The largest absolute Gasteiger partial charge is 0.270 e. The first-order valence-corrected chi connectivity index (χ1v) is 3.54. The van der Waals surface area contributed by atoms with Crippen LogP contribution in [0.25, 0.3) is 0 Å². The Kier molecular flexibility index (Phi) is 1.96. The molecule has 1 aliphatic carbocycles. The molecule has 1 aliphatic rings. The van der Waals surface area contributed by atoms with Crippen LogP contribution < -0.4 is 0 Å². The molecule has 0 aromatic carbocycles. The average molecular weight is 138 g/mol. The summed E-state index contributed by atoms with van der Waals surface area (Å²) in [4.78, 5) is 0. The first-order valence-electron chi connectivity index (χ1n) is 2.73. The van der Waals surface area contributed by atoms with Crippen molar-refractivity contribution in [1.29, 1.82) is 0 Å². The van der Waals surface area contributed by atoms with Crippen LogP contribution in [-0.2, 0) is 4.57 Å². The van der Waals surface area contributed by atoms with Gasteiger partial charge in [-0.25, -0.2) is 0 Å². The van der Waals surface area contributed by atoms with Crippen molar-refractivity contribution >= 4 is 8.46 Å². The van der Waals surface area contributed by atoms with E-state index in [1.54, 1.807) is 6.08 Å². The summed E-state index contributed by atoms with van der Waals surface area (Å²) in [6, 6.07) is 0. The Morgan fingerprint density at radius 1 is 1.78 bits per heavy atom. The highest BCUT2D eigenvalue weighted by atomic mass is 31.1. The zero-order valence-electron chi connectivity index (χ0n) is 4.95. The molecule has 9 heavy (non-hydrogen) atoms. The maximum atomic E-state index is 10.3. The Labute approximate surface area is 56.0 Å². The zero-order chi connectivity index (χ0) is 6.69. The third kappa shape index (κ3) is 1.17. The highest BCUT2D eigenvalue weighted by Gasteiger charge is 2.09. The summed E-state index contributed by atoms with van der Waals surface area (Å²) in [7, 11) is 0.109. The van der Waals surface area contributed by atoms with Gasteiger partial charge in [-0.15, -0.1) is 6.58 Å². The van der Waals surface area contributed by atoms with E-state index in [1.807, 2.05) is 18.2 Å². The van der Waals surface area contributed by atoms with E-state index in [1.165, 1.54) is 0 Å². The van der Waals surface area contributed by atoms with Gasteiger partial charge in [0.05, 0.1) is 0 Å². The summed E-state index contributed by atoms with van der Waals surface area (Å²) in [6.45, 7) is 3.61. The molecule has 0 heterocycles. The first kappa shape index (κ1) is 6.44. The third-order valence-electron chi connectivity index (χ3n) is 1.29. The summed E-state index contributed by atoms with van der Waals surface area (Å²) >= 11 is 0. The molecular formula is C7H7OP. The normalized spacial score (nSPS) is 24.4. The zero-order valence-corrected chi connectivity index (χ0v) is 5.84. The van der Waals surface area contributed by atoms with E-state index in [0.717, 1.165) is 5.31 Å². The molecule has 1 nitrogen and oxygen atoms in total. The molecule has 0 bridgehead atoms. The lowest BCUT2D eigenvalue weighted by molar-refractivity contribution is 0.600. The van der Waals surface area contributed by atoms with Gasteiger partial charge in [0.15, 0.2) is 8.46 Å². The number of rotatable bonds is 2. The van der Waals surface area contributed by atoms with Crippen LogP contribution in [0, 0.1) is 5.92 Å². The van der Waals surface area contributed by atoms with Gasteiger partial charge in [0.2, 0.25) is 0 Å². The Morgan fingerprint density at radius 3 is 3.00 bits per heavy atom. The average Bonchev–Trinajstić information content (AvgIpc) is 2.33. The van der Waals surface area contributed by atoms with Gasteiger partial charge in [0, 0.05) is 11.2 Å². The van der Waals surface area contributed by atoms with Crippen molar-refractivity contribution in [2.24, 2.45) is 5.92 Å². The predicted octanol–water partition coefficient (Wildman–Crippen LogP) is 2.53. The van der Waals surface area contributed by atoms with E-state index in [9.17, 15) is 4.57 Å². The fourth-order valence-electron chi connectivity index (χ4n) is 0.774. The minimum absolute atomic E-state index is 0.109. The van der Waals surface area contributed by atoms with Crippen molar-refractivity contribution in [2.45, 2.75) is 0 Å². The van der Waals surface area contributed by atoms with E-state index in [2.05, 4.69) is 6.58 Å². The molecule has 2 heteroatoms. The van der Waals surface area contributed by atoms with Gasteiger partial charge in [-0.3, -0.25) is 4.57 Å². The Bertz CT molecular complexity index is 191. The van der Waals surface area contributed by atoms with Crippen LogP contribution in [0.5, 0.6) is 0 Å². The Hall–Kier alpha value is -0.680. The molecule has 1 atom stereocenters. The van der Waals surface area contributed by atoms with E-state index in [4.69, 9.17) is 0 Å². The second-order valence-electron chi connectivity index (χ2n) is 1.83. The van der Waals surface area contributed by atoms with Gasteiger partial charge in [-0.1, -0.05) is 24.3 Å². The van der Waals surface area contributed by atoms with E-state index >= 15 is 0 Å². The summed E-state index contributed by atoms with van der Waals surface area (Å²) < 4.78 is 10.3. The van der Waals surface area contributed by atoms with Crippen molar-refractivity contribution in [2.75, 3.05) is 0 Å². The van der Waals surface area contributed by atoms with Crippen molar-refractivity contribution in [3.63, 3.8) is 0 Å². The van der Waals surface area contributed by atoms with Gasteiger partial charge < -0.3 is 0 Å². The first-order chi connectivity index (χ1) is 4.38. The molecule has 1 unspecified atom stereocenters.